The molecule has 7 heteroatoms. The van der Waals surface area contributed by atoms with Crippen LogP contribution >= 0.6 is 11.6 Å². The van der Waals surface area contributed by atoms with Gasteiger partial charge in [0.1, 0.15) is 0 Å². The first-order chi connectivity index (χ1) is 10.4. The fraction of sp³-hybridized carbons (Fsp3) is 0.133. The minimum Gasteiger partial charge on any atom is -0.366 e. The average Bonchev–Trinajstić information content (AvgIpc) is 2.47. The molecule has 0 radical (unpaired) electrons. The zero-order valence-electron chi connectivity index (χ0n) is 11.6. The molecule has 3 N–H and O–H groups in total. The Morgan fingerprint density at radius 2 is 1.82 bits per heavy atom. The van der Waals surface area contributed by atoms with E-state index in [9.17, 15) is 13.2 Å². The number of amides is 1. The second-order valence-electron chi connectivity index (χ2n) is 4.67. The Hall–Kier alpha value is -1.89. The molecule has 0 saturated heterocycles. The lowest BCUT2D eigenvalue weighted by molar-refractivity contribution is 0.1000. The monoisotopic (exact) mass is 338 g/mol. The second-order valence-corrected chi connectivity index (χ2v) is 6.87. The van der Waals surface area contributed by atoms with Gasteiger partial charge >= 0.3 is 0 Å². The number of hydrogen-bond acceptors (Lipinski definition) is 3. The molecule has 2 aromatic carbocycles. The molecule has 0 aromatic heterocycles. The van der Waals surface area contributed by atoms with Crippen molar-refractivity contribution in [3.63, 3.8) is 0 Å². The lowest BCUT2D eigenvalue weighted by Crippen LogP contribution is -2.26. The zero-order chi connectivity index (χ0) is 16.2. The lowest BCUT2D eigenvalue weighted by Gasteiger charge is -2.07. The summed E-state index contributed by atoms with van der Waals surface area (Å²) in [6.45, 7) is 0.250. The smallest absolute Gasteiger partial charge is 0.248 e. The van der Waals surface area contributed by atoms with E-state index < -0.39 is 15.9 Å². The Kier molecular flexibility index (Phi) is 5.18. The topological polar surface area (TPSA) is 89.3 Å². The number of nitrogens with two attached hydrogens (primary N) is 1. The van der Waals surface area contributed by atoms with E-state index in [1.54, 1.807) is 12.1 Å². The van der Waals surface area contributed by atoms with Gasteiger partial charge in [-0.25, -0.2) is 13.1 Å². The van der Waals surface area contributed by atoms with Crippen molar-refractivity contribution < 1.29 is 13.2 Å². The third-order valence-corrected chi connectivity index (χ3v) is 4.76. The van der Waals surface area contributed by atoms with Gasteiger partial charge in [0, 0.05) is 17.1 Å². The average molecular weight is 339 g/mol. The van der Waals surface area contributed by atoms with Crippen LogP contribution in [0.3, 0.4) is 0 Å². The van der Waals surface area contributed by atoms with Crippen molar-refractivity contribution in [2.24, 2.45) is 5.73 Å². The van der Waals surface area contributed by atoms with Crippen molar-refractivity contribution in [2.75, 3.05) is 6.54 Å². The molecule has 0 atom stereocenters. The fourth-order valence-corrected chi connectivity index (χ4v) is 3.15. The van der Waals surface area contributed by atoms with Crippen LogP contribution in [0.15, 0.2) is 53.4 Å². The number of primary amides is 1. The zero-order valence-corrected chi connectivity index (χ0v) is 13.2. The molecule has 0 spiro atoms. The maximum Gasteiger partial charge on any atom is 0.248 e. The Morgan fingerprint density at radius 1 is 1.14 bits per heavy atom. The summed E-state index contributed by atoms with van der Waals surface area (Å²) in [5.41, 5.74) is 6.32. The number of nitrogens with one attached hydrogen (secondary N) is 1. The number of benzene rings is 2. The lowest BCUT2D eigenvalue weighted by atomic mass is 10.2. The van der Waals surface area contributed by atoms with E-state index in [1.807, 2.05) is 12.1 Å². The highest BCUT2D eigenvalue weighted by molar-refractivity contribution is 7.89. The molecule has 1 amide bonds. The molecule has 0 aliphatic carbocycles. The molecular weight excluding hydrogens is 324 g/mol. The van der Waals surface area contributed by atoms with Crippen LogP contribution in [0, 0.1) is 0 Å². The van der Waals surface area contributed by atoms with E-state index in [0.717, 1.165) is 5.56 Å². The molecule has 0 aliphatic rings. The predicted molar refractivity (Wildman–Crippen MR) is 85.3 cm³/mol. The van der Waals surface area contributed by atoms with Crippen LogP contribution in [0.5, 0.6) is 0 Å². The van der Waals surface area contributed by atoms with E-state index in [1.165, 1.54) is 24.3 Å². The molecule has 0 heterocycles. The normalized spacial score (nSPS) is 11.3. The molecule has 2 aromatic rings. The highest BCUT2D eigenvalue weighted by Crippen LogP contribution is 2.12. The Labute approximate surface area is 134 Å². The Balaban J connectivity index is 2.00. The summed E-state index contributed by atoms with van der Waals surface area (Å²) >= 11 is 5.87. The van der Waals surface area contributed by atoms with Crippen LogP contribution in [0.4, 0.5) is 0 Å². The number of halogens is 1. The van der Waals surface area contributed by atoms with Crippen LogP contribution in [-0.2, 0) is 16.4 Å². The van der Waals surface area contributed by atoms with Crippen LogP contribution in [0.25, 0.3) is 0 Å². The maximum absolute atomic E-state index is 12.1. The molecule has 116 valence electrons. The molecule has 0 unspecified atom stereocenters. The predicted octanol–water partition coefficient (Wildman–Crippen LogP) is 1.96. The number of rotatable bonds is 6. The first-order valence-corrected chi connectivity index (χ1v) is 8.38. The summed E-state index contributed by atoms with van der Waals surface area (Å²) in [5.74, 6) is -0.599. The number of sulfonamides is 1. The minimum atomic E-state index is -3.62. The summed E-state index contributed by atoms with van der Waals surface area (Å²) < 4.78 is 26.7. The van der Waals surface area contributed by atoms with Gasteiger partial charge in [0.15, 0.2) is 0 Å². The van der Waals surface area contributed by atoms with E-state index in [0.29, 0.717) is 11.4 Å². The largest absolute Gasteiger partial charge is 0.366 e. The summed E-state index contributed by atoms with van der Waals surface area (Å²) in [7, 11) is -3.62. The maximum atomic E-state index is 12.1. The standard InChI is InChI=1S/C15H15ClN2O3S/c16-13-3-1-2-11(10-13)8-9-18-22(20,21)14-6-4-12(5-7-14)15(17)19/h1-7,10,18H,8-9H2,(H2,17,19). The number of hydrogen-bond donors (Lipinski definition) is 2. The Morgan fingerprint density at radius 3 is 2.41 bits per heavy atom. The van der Waals surface area contributed by atoms with Gasteiger partial charge < -0.3 is 5.73 Å². The highest BCUT2D eigenvalue weighted by atomic mass is 35.5. The molecule has 0 saturated carbocycles. The molecule has 0 aliphatic heterocycles. The SMILES string of the molecule is NC(=O)c1ccc(S(=O)(=O)NCCc2cccc(Cl)c2)cc1. The van der Waals surface area contributed by atoms with Crippen molar-refractivity contribution in [2.45, 2.75) is 11.3 Å². The molecule has 22 heavy (non-hydrogen) atoms. The van der Waals surface area contributed by atoms with E-state index in [-0.39, 0.29) is 17.0 Å². The van der Waals surface area contributed by atoms with Crippen molar-refractivity contribution >= 4 is 27.5 Å². The van der Waals surface area contributed by atoms with E-state index in [2.05, 4.69) is 4.72 Å². The molecule has 5 nitrogen and oxygen atoms in total. The molecule has 2 rings (SSSR count). The van der Waals surface area contributed by atoms with Gasteiger partial charge in [0.25, 0.3) is 0 Å². The van der Waals surface area contributed by atoms with Gasteiger partial charge in [-0.2, -0.15) is 0 Å². The van der Waals surface area contributed by atoms with Gasteiger partial charge in [0.05, 0.1) is 4.90 Å². The quantitative estimate of drug-likeness (QED) is 0.843. The third kappa shape index (κ3) is 4.30. The van der Waals surface area contributed by atoms with Crippen molar-refractivity contribution in [3.05, 3.63) is 64.7 Å². The van der Waals surface area contributed by atoms with Gasteiger partial charge in [-0.05, 0) is 48.4 Å². The summed E-state index contributed by atoms with van der Waals surface area (Å²) in [6, 6.07) is 12.7. The van der Waals surface area contributed by atoms with Crippen molar-refractivity contribution in [1.82, 2.24) is 4.72 Å². The summed E-state index contributed by atoms with van der Waals surface area (Å²) in [4.78, 5) is 11.1. The third-order valence-electron chi connectivity index (χ3n) is 3.04. The Bertz CT molecular complexity index is 774. The highest BCUT2D eigenvalue weighted by Gasteiger charge is 2.13. The first kappa shape index (κ1) is 16.5. The summed E-state index contributed by atoms with van der Waals surface area (Å²) in [6.07, 6.45) is 0.527. The van der Waals surface area contributed by atoms with Crippen LogP contribution in [-0.4, -0.2) is 20.9 Å². The van der Waals surface area contributed by atoms with Gasteiger partial charge in [-0.1, -0.05) is 23.7 Å². The minimum absolute atomic E-state index is 0.0867. The fourth-order valence-electron chi connectivity index (χ4n) is 1.90. The first-order valence-electron chi connectivity index (χ1n) is 6.52. The van der Waals surface area contributed by atoms with Gasteiger partial charge in [-0.15, -0.1) is 0 Å². The van der Waals surface area contributed by atoms with Gasteiger partial charge in [-0.3, -0.25) is 4.79 Å². The van der Waals surface area contributed by atoms with Crippen LogP contribution in [0.1, 0.15) is 15.9 Å². The van der Waals surface area contributed by atoms with Crippen LogP contribution in [0.2, 0.25) is 5.02 Å². The number of carbonyl (C=O) groups excluding carboxylic acids is 1. The van der Waals surface area contributed by atoms with Crippen molar-refractivity contribution in [3.8, 4) is 0 Å². The summed E-state index contributed by atoms with van der Waals surface area (Å²) in [5, 5.41) is 0.613. The van der Waals surface area contributed by atoms with Crippen molar-refractivity contribution in [1.29, 1.82) is 0 Å². The molecule has 0 fully saturated rings. The van der Waals surface area contributed by atoms with Gasteiger partial charge in [0.2, 0.25) is 15.9 Å². The van der Waals surface area contributed by atoms with E-state index in [4.69, 9.17) is 17.3 Å². The number of carbonyl (C=O) groups is 1. The second kappa shape index (κ2) is 6.91. The van der Waals surface area contributed by atoms with E-state index >= 15 is 0 Å². The van der Waals surface area contributed by atoms with Crippen LogP contribution < -0.4 is 10.5 Å². The molecular formula is C15H15ClN2O3S. The molecule has 0 bridgehead atoms.